The number of aliphatic hydroxyl groups is 1. The zero-order valence-corrected chi connectivity index (χ0v) is 23.1. The Morgan fingerprint density at radius 2 is 1.27 bits per heavy atom. The largest absolute Gasteiger partial charge is 0.481 e. The van der Waals surface area contributed by atoms with Gasteiger partial charge in [0.05, 0.1) is 18.6 Å². The number of rotatable bonds is 18. The van der Waals surface area contributed by atoms with E-state index in [1.54, 1.807) is 13.8 Å². The van der Waals surface area contributed by atoms with Crippen molar-refractivity contribution in [3.63, 3.8) is 0 Å². The first kappa shape index (κ1) is 35.9. The average Bonchev–Trinajstić information content (AvgIpc) is 2.85. The van der Waals surface area contributed by atoms with Gasteiger partial charge in [0.25, 0.3) is 5.91 Å². The Bertz CT molecular complexity index is 969. The van der Waals surface area contributed by atoms with Gasteiger partial charge >= 0.3 is 11.9 Å². The van der Waals surface area contributed by atoms with Crippen molar-refractivity contribution in [3.05, 3.63) is 0 Å². The first-order chi connectivity index (χ1) is 18.5. The van der Waals surface area contributed by atoms with E-state index in [-0.39, 0.29) is 12.5 Å². The van der Waals surface area contributed by atoms with Crippen LogP contribution in [0.3, 0.4) is 0 Å². The summed E-state index contributed by atoms with van der Waals surface area (Å²) in [6.45, 7) is 6.77. The van der Waals surface area contributed by atoms with Crippen LogP contribution < -0.4 is 26.6 Å². The van der Waals surface area contributed by atoms with E-state index >= 15 is 0 Å². The quantitative estimate of drug-likeness (QED) is 0.0789. The normalized spacial score (nSPS) is 15.2. The first-order valence-corrected chi connectivity index (χ1v) is 12.6. The molecule has 0 saturated heterocycles. The van der Waals surface area contributed by atoms with Crippen LogP contribution in [-0.2, 0) is 38.4 Å². The van der Waals surface area contributed by atoms with Crippen molar-refractivity contribution in [1.29, 1.82) is 0 Å². The molecule has 0 aromatic rings. The topological polar surface area (TPSA) is 257 Å². The molecule has 1 unspecified atom stereocenters. The van der Waals surface area contributed by atoms with Crippen LogP contribution in [0.4, 0.5) is 0 Å². The van der Waals surface area contributed by atoms with Crippen LogP contribution in [0.15, 0.2) is 0 Å². The maximum atomic E-state index is 12.8. The smallest absolute Gasteiger partial charge is 0.305 e. The average molecular weight is 574 g/mol. The molecule has 226 valence electrons. The van der Waals surface area contributed by atoms with Gasteiger partial charge in [0.2, 0.25) is 29.4 Å². The fourth-order valence-corrected chi connectivity index (χ4v) is 3.30. The number of aliphatic hydroxyl groups excluding tert-OH is 1. The maximum Gasteiger partial charge on any atom is 0.305 e. The summed E-state index contributed by atoms with van der Waals surface area (Å²) in [6.07, 6.45) is -2.45. The van der Waals surface area contributed by atoms with Crippen LogP contribution in [0, 0.1) is 5.92 Å². The van der Waals surface area contributed by atoms with Gasteiger partial charge in [0.15, 0.2) is 0 Å². The number of hydrogen-bond donors (Lipinski definition) is 8. The summed E-state index contributed by atoms with van der Waals surface area (Å²) in [5.41, 5.74) is 0. The number of Topliss-reactive ketones (excluding diaryl/α,β-unsaturated/α-hetero) is 1. The van der Waals surface area contributed by atoms with Crippen molar-refractivity contribution in [2.45, 2.75) is 90.6 Å². The molecule has 8 N–H and O–H groups in total. The van der Waals surface area contributed by atoms with E-state index in [0.717, 1.165) is 0 Å². The van der Waals surface area contributed by atoms with E-state index in [1.165, 1.54) is 20.8 Å². The minimum absolute atomic E-state index is 0.312. The van der Waals surface area contributed by atoms with Crippen molar-refractivity contribution < 1.29 is 53.7 Å². The van der Waals surface area contributed by atoms with Gasteiger partial charge in [0.1, 0.15) is 18.1 Å². The Labute approximate surface area is 231 Å². The van der Waals surface area contributed by atoms with Gasteiger partial charge in [-0.15, -0.1) is 0 Å². The van der Waals surface area contributed by atoms with Crippen molar-refractivity contribution in [2.24, 2.45) is 5.92 Å². The standard InChI is InChI=1S/C24H39N5O11/c1-6-11(2)18(27-14(5)31)22(38)29-19(13(4)30)23(39)26-12(3)21(37)28-15(7-8-16(32)33)20(36)24(40)25-10-9-17(34)35/h11-13,15,18-19,30H,6-10H2,1-5H3,(H,25,40)(H,26,39)(H,27,31)(H,28,37)(H,29,38)(H,32,33)(H,34,35)/t11-,12+,13-,15?,18+,19+/m1/s1. The van der Waals surface area contributed by atoms with E-state index in [1.807, 2.05) is 0 Å². The fourth-order valence-electron chi connectivity index (χ4n) is 3.30. The van der Waals surface area contributed by atoms with Crippen LogP contribution in [0.5, 0.6) is 0 Å². The Morgan fingerprint density at radius 3 is 1.75 bits per heavy atom. The van der Waals surface area contributed by atoms with E-state index in [2.05, 4.69) is 26.6 Å². The zero-order chi connectivity index (χ0) is 31.2. The van der Waals surface area contributed by atoms with Gasteiger partial charge in [-0.1, -0.05) is 20.3 Å². The Hall–Kier alpha value is -4.08. The third-order valence-corrected chi connectivity index (χ3v) is 5.80. The van der Waals surface area contributed by atoms with E-state index in [9.17, 15) is 43.5 Å². The van der Waals surface area contributed by atoms with Crippen molar-refractivity contribution in [2.75, 3.05) is 6.54 Å². The third kappa shape index (κ3) is 13.1. The molecular weight excluding hydrogens is 534 g/mol. The molecule has 0 bridgehead atoms. The van der Waals surface area contributed by atoms with Crippen molar-refractivity contribution in [1.82, 2.24) is 26.6 Å². The summed E-state index contributed by atoms with van der Waals surface area (Å²) in [6, 6.07) is -5.51. The SMILES string of the molecule is CC[C@@H](C)[C@H](NC(C)=O)C(=O)N[C@H](C(=O)N[C@@H](C)C(=O)NC(CCC(=O)O)C(=O)C(=O)NCCC(=O)O)[C@@H](C)O. The predicted molar refractivity (Wildman–Crippen MR) is 137 cm³/mol. The molecule has 0 aliphatic carbocycles. The summed E-state index contributed by atoms with van der Waals surface area (Å²) in [5, 5.41) is 39.0. The Morgan fingerprint density at radius 1 is 0.725 bits per heavy atom. The van der Waals surface area contributed by atoms with E-state index < -0.39 is 96.8 Å². The monoisotopic (exact) mass is 573 g/mol. The second-order valence-electron chi connectivity index (χ2n) is 9.28. The van der Waals surface area contributed by atoms with Gasteiger partial charge in [-0.3, -0.25) is 38.4 Å². The first-order valence-electron chi connectivity index (χ1n) is 12.6. The number of carboxylic acid groups (broad SMARTS) is 2. The molecule has 5 amide bonds. The highest BCUT2D eigenvalue weighted by atomic mass is 16.4. The van der Waals surface area contributed by atoms with Crippen molar-refractivity contribution in [3.8, 4) is 0 Å². The summed E-state index contributed by atoms with van der Waals surface area (Å²) in [7, 11) is 0. The number of carbonyl (C=O) groups excluding carboxylic acids is 6. The number of carboxylic acids is 2. The van der Waals surface area contributed by atoms with Crippen molar-refractivity contribution >= 4 is 47.3 Å². The molecule has 0 spiro atoms. The van der Waals surface area contributed by atoms with E-state index in [4.69, 9.17) is 10.2 Å². The van der Waals surface area contributed by atoms with E-state index in [0.29, 0.717) is 6.42 Å². The minimum atomic E-state index is -1.60. The zero-order valence-electron chi connectivity index (χ0n) is 23.1. The number of amides is 5. The number of ketones is 1. The van der Waals surface area contributed by atoms with Gasteiger partial charge in [-0.05, 0) is 26.2 Å². The van der Waals surface area contributed by atoms with Crippen LogP contribution in [0.2, 0.25) is 0 Å². The molecular formula is C24H39N5O11. The Balaban J connectivity index is 5.49. The summed E-state index contributed by atoms with van der Waals surface area (Å²) < 4.78 is 0. The highest BCUT2D eigenvalue weighted by Gasteiger charge is 2.34. The number of aliphatic carboxylic acids is 2. The summed E-state index contributed by atoms with van der Waals surface area (Å²) >= 11 is 0. The fraction of sp³-hybridized carbons (Fsp3) is 0.667. The Kier molecular flexibility index (Phi) is 15.7. The van der Waals surface area contributed by atoms with Gasteiger partial charge in [-0.2, -0.15) is 0 Å². The van der Waals surface area contributed by atoms with Crippen LogP contribution in [0.25, 0.3) is 0 Å². The van der Waals surface area contributed by atoms with Gasteiger partial charge in [0, 0.05) is 19.9 Å². The minimum Gasteiger partial charge on any atom is -0.481 e. The lowest BCUT2D eigenvalue weighted by molar-refractivity contribution is -0.142. The van der Waals surface area contributed by atoms with Gasteiger partial charge < -0.3 is 41.9 Å². The van der Waals surface area contributed by atoms with Crippen LogP contribution in [-0.4, -0.2) is 99.4 Å². The second kappa shape index (κ2) is 17.5. The van der Waals surface area contributed by atoms with Gasteiger partial charge in [-0.25, -0.2) is 0 Å². The molecule has 0 saturated carbocycles. The molecule has 6 atom stereocenters. The third-order valence-electron chi connectivity index (χ3n) is 5.80. The van der Waals surface area contributed by atoms with Crippen LogP contribution in [0.1, 0.15) is 60.3 Å². The highest BCUT2D eigenvalue weighted by molar-refractivity contribution is 6.38. The molecule has 0 aromatic heterocycles. The lowest BCUT2D eigenvalue weighted by Crippen LogP contribution is -2.60. The molecule has 0 heterocycles. The lowest BCUT2D eigenvalue weighted by atomic mass is 9.97. The predicted octanol–water partition coefficient (Wildman–Crippen LogP) is -2.58. The molecule has 0 aromatic carbocycles. The molecule has 0 rings (SSSR count). The molecule has 0 aliphatic rings. The number of hydrogen-bond acceptors (Lipinski definition) is 9. The second-order valence-corrected chi connectivity index (χ2v) is 9.28. The number of carbonyl (C=O) groups is 8. The number of nitrogens with one attached hydrogen (secondary N) is 5. The summed E-state index contributed by atoms with van der Waals surface area (Å²) in [4.78, 5) is 96.0. The summed E-state index contributed by atoms with van der Waals surface area (Å²) in [5.74, 6) is -8.49. The highest BCUT2D eigenvalue weighted by Crippen LogP contribution is 2.09. The van der Waals surface area contributed by atoms with Crippen LogP contribution >= 0.6 is 0 Å². The molecule has 16 nitrogen and oxygen atoms in total. The molecule has 0 aliphatic heterocycles. The maximum absolute atomic E-state index is 12.8. The molecule has 0 radical (unpaired) electrons. The molecule has 40 heavy (non-hydrogen) atoms. The molecule has 16 heteroatoms. The molecule has 0 fully saturated rings. The lowest BCUT2D eigenvalue weighted by Gasteiger charge is -2.28.